The second kappa shape index (κ2) is 9.30. The first-order valence-corrected chi connectivity index (χ1v) is 9.68. The van der Waals surface area contributed by atoms with E-state index in [0.29, 0.717) is 24.2 Å². The molecule has 1 unspecified atom stereocenters. The number of likely N-dealkylation sites (tertiary alicyclic amines) is 1. The van der Waals surface area contributed by atoms with Gasteiger partial charge in [0.15, 0.2) is 0 Å². The van der Waals surface area contributed by atoms with Gasteiger partial charge in [-0.3, -0.25) is 15.6 Å². The van der Waals surface area contributed by atoms with E-state index in [0.717, 1.165) is 58.3 Å². The summed E-state index contributed by atoms with van der Waals surface area (Å²) < 4.78 is 13.0. The highest BCUT2D eigenvalue weighted by atomic mass is 19.1. The second-order valence-electron chi connectivity index (χ2n) is 7.53. The van der Waals surface area contributed by atoms with Gasteiger partial charge in [-0.25, -0.2) is 4.39 Å². The van der Waals surface area contributed by atoms with Gasteiger partial charge in [-0.2, -0.15) is 0 Å². The molecule has 2 aliphatic heterocycles. The molecule has 138 valence electrons. The van der Waals surface area contributed by atoms with Crippen LogP contribution >= 0.6 is 0 Å². The summed E-state index contributed by atoms with van der Waals surface area (Å²) >= 11 is 0. The van der Waals surface area contributed by atoms with Gasteiger partial charge >= 0.3 is 0 Å². The fraction of sp³-hybridized carbons (Fsp3) is 0.650. The lowest BCUT2D eigenvalue weighted by molar-refractivity contribution is -0.133. The molecule has 2 heterocycles. The largest absolute Gasteiger partial charge is 0.342 e. The lowest BCUT2D eigenvalue weighted by atomic mass is 9.91. The van der Waals surface area contributed by atoms with Crippen molar-refractivity contribution < 1.29 is 9.18 Å². The highest BCUT2D eigenvalue weighted by Crippen LogP contribution is 2.23. The standard InChI is InChI=1S/C20H30FN3O/c21-19-10-8-16(9-11-19)6-7-17-4-2-12-24(15-17)20(25)5-1-3-18-13-22-23-14-18/h8-11,17-18,22-23H,1-7,12-15H2. The molecule has 2 fully saturated rings. The van der Waals surface area contributed by atoms with Crippen molar-refractivity contribution in [2.45, 2.75) is 44.9 Å². The van der Waals surface area contributed by atoms with E-state index in [1.54, 1.807) is 0 Å². The molecule has 0 saturated carbocycles. The second-order valence-corrected chi connectivity index (χ2v) is 7.53. The molecule has 4 nitrogen and oxygen atoms in total. The zero-order valence-corrected chi connectivity index (χ0v) is 15.0. The number of hydrogen-bond acceptors (Lipinski definition) is 3. The first-order chi connectivity index (χ1) is 12.2. The van der Waals surface area contributed by atoms with Crippen LogP contribution in [-0.2, 0) is 11.2 Å². The van der Waals surface area contributed by atoms with Crippen LogP contribution in [-0.4, -0.2) is 37.0 Å². The van der Waals surface area contributed by atoms with Crippen LogP contribution in [0, 0.1) is 17.7 Å². The van der Waals surface area contributed by atoms with Gasteiger partial charge in [-0.1, -0.05) is 12.1 Å². The average molecular weight is 347 g/mol. The summed E-state index contributed by atoms with van der Waals surface area (Å²) in [5.41, 5.74) is 7.47. The fourth-order valence-electron chi connectivity index (χ4n) is 3.96. The molecule has 2 aliphatic rings. The van der Waals surface area contributed by atoms with E-state index in [1.807, 2.05) is 12.1 Å². The third kappa shape index (κ3) is 5.79. The summed E-state index contributed by atoms with van der Waals surface area (Å²) in [7, 11) is 0. The monoisotopic (exact) mass is 347 g/mol. The van der Waals surface area contributed by atoms with Gasteiger partial charge in [0.05, 0.1) is 0 Å². The molecule has 0 aliphatic carbocycles. The van der Waals surface area contributed by atoms with Crippen LogP contribution in [0.1, 0.15) is 44.1 Å². The number of carbonyl (C=O) groups is 1. The number of aryl methyl sites for hydroxylation is 1. The average Bonchev–Trinajstić information content (AvgIpc) is 3.15. The Morgan fingerprint density at radius 2 is 1.88 bits per heavy atom. The number of halogens is 1. The molecule has 1 aromatic carbocycles. The van der Waals surface area contributed by atoms with Crippen molar-refractivity contribution in [1.82, 2.24) is 15.8 Å². The van der Waals surface area contributed by atoms with Gasteiger partial charge in [-0.05, 0) is 68.1 Å². The van der Waals surface area contributed by atoms with E-state index >= 15 is 0 Å². The molecule has 3 rings (SSSR count). The molecule has 0 spiro atoms. The number of benzene rings is 1. The first-order valence-electron chi connectivity index (χ1n) is 9.68. The van der Waals surface area contributed by atoms with Crippen molar-refractivity contribution in [3.63, 3.8) is 0 Å². The van der Waals surface area contributed by atoms with Gasteiger partial charge in [0.1, 0.15) is 5.82 Å². The van der Waals surface area contributed by atoms with Gasteiger partial charge in [0, 0.05) is 32.6 Å². The Balaban J connectivity index is 1.37. The zero-order chi connectivity index (χ0) is 17.5. The molecule has 1 aromatic rings. The minimum atomic E-state index is -0.178. The molecular weight excluding hydrogens is 317 g/mol. The summed E-state index contributed by atoms with van der Waals surface area (Å²) in [5.74, 6) is 1.39. The Hall–Kier alpha value is -1.46. The lowest BCUT2D eigenvalue weighted by Crippen LogP contribution is -2.40. The molecule has 5 heteroatoms. The summed E-state index contributed by atoms with van der Waals surface area (Å²) in [6.45, 7) is 3.84. The maximum atomic E-state index is 13.0. The van der Waals surface area contributed by atoms with Crippen LogP contribution < -0.4 is 10.9 Å². The number of carbonyl (C=O) groups excluding carboxylic acids is 1. The predicted molar refractivity (Wildman–Crippen MR) is 97.4 cm³/mol. The number of piperidine rings is 1. The van der Waals surface area contributed by atoms with Crippen LogP contribution in [0.4, 0.5) is 4.39 Å². The van der Waals surface area contributed by atoms with E-state index in [-0.39, 0.29) is 5.82 Å². The molecule has 25 heavy (non-hydrogen) atoms. The Kier molecular flexibility index (Phi) is 6.82. The number of amides is 1. The van der Waals surface area contributed by atoms with Crippen molar-refractivity contribution in [2.24, 2.45) is 11.8 Å². The van der Waals surface area contributed by atoms with Crippen LogP contribution in [0.25, 0.3) is 0 Å². The number of hydrazine groups is 1. The van der Waals surface area contributed by atoms with Crippen molar-refractivity contribution in [2.75, 3.05) is 26.2 Å². The normalized spacial score (nSPS) is 21.6. The van der Waals surface area contributed by atoms with Crippen LogP contribution in [0.2, 0.25) is 0 Å². The quantitative estimate of drug-likeness (QED) is 0.797. The predicted octanol–water partition coefficient (Wildman–Crippen LogP) is 2.89. The highest BCUT2D eigenvalue weighted by molar-refractivity contribution is 5.76. The minimum Gasteiger partial charge on any atom is -0.342 e. The summed E-state index contributed by atoms with van der Waals surface area (Å²) in [5, 5.41) is 0. The maximum absolute atomic E-state index is 13.0. The molecular formula is C20H30FN3O. The summed E-state index contributed by atoms with van der Waals surface area (Å²) in [6.07, 6.45) is 7.14. The van der Waals surface area contributed by atoms with Crippen LogP contribution in [0.15, 0.2) is 24.3 Å². The molecule has 2 saturated heterocycles. The number of rotatable bonds is 7. The van der Waals surface area contributed by atoms with Gasteiger partial charge in [0.25, 0.3) is 0 Å². The smallest absolute Gasteiger partial charge is 0.222 e. The zero-order valence-electron chi connectivity index (χ0n) is 15.0. The van der Waals surface area contributed by atoms with E-state index in [4.69, 9.17) is 0 Å². The van der Waals surface area contributed by atoms with Crippen molar-refractivity contribution in [3.05, 3.63) is 35.6 Å². The van der Waals surface area contributed by atoms with Crippen LogP contribution in [0.3, 0.4) is 0 Å². The van der Waals surface area contributed by atoms with Gasteiger partial charge in [-0.15, -0.1) is 0 Å². The van der Waals surface area contributed by atoms with E-state index in [9.17, 15) is 9.18 Å². The Labute approximate surface area is 150 Å². The number of hydrogen-bond donors (Lipinski definition) is 2. The third-order valence-corrected chi connectivity index (χ3v) is 5.54. The van der Waals surface area contributed by atoms with Crippen molar-refractivity contribution >= 4 is 5.91 Å². The Morgan fingerprint density at radius 3 is 2.64 bits per heavy atom. The van der Waals surface area contributed by atoms with Gasteiger partial charge < -0.3 is 4.90 Å². The fourth-order valence-corrected chi connectivity index (χ4v) is 3.96. The summed E-state index contributed by atoms with van der Waals surface area (Å²) in [6, 6.07) is 6.80. The maximum Gasteiger partial charge on any atom is 0.222 e. The minimum absolute atomic E-state index is 0.178. The lowest BCUT2D eigenvalue weighted by Gasteiger charge is -2.33. The number of nitrogens with zero attached hydrogens (tertiary/aromatic N) is 1. The molecule has 0 aromatic heterocycles. The summed E-state index contributed by atoms with van der Waals surface area (Å²) in [4.78, 5) is 14.6. The molecule has 1 amide bonds. The Bertz CT molecular complexity index is 542. The number of nitrogens with one attached hydrogen (secondary N) is 2. The molecule has 1 atom stereocenters. The van der Waals surface area contributed by atoms with Crippen molar-refractivity contribution in [1.29, 1.82) is 0 Å². The highest BCUT2D eigenvalue weighted by Gasteiger charge is 2.23. The van der Waals surface area contributed by atoms with Crippen molar-refractivity contribution in [3.8, 4) is 0 Å². The van der Waals surface area contributed by atoms with E-state index in [1.165, 1.54) is 24.1 Å². The third-order valence-electron chi connectivity index (χ3n) is 5.54. The topological polar surface area (TPSA) is 44.4 Å². The molecule has 0 bridgehead atoms. The van der Waals surface area contributed by atoms with Crippen LogP contribution in [0.5, 0.6) is 0 Å². The molecule has 0 radical (unpaired) electrons. The van der Waals surface area contributed by atoms with Gasteiger partial charge in [0.2, 0.25) is 5.91 Å². The molecule has 2 N–H and O–H groups in total. The van der Waals surface area contributed by atoms with E-state index in [2.05, 4.69) is 15.8 Å². The van der Waals surface area contributed by atoms with E-state index < -0.39 is 0 Å². The Morgan fingerprint density at radius 1 is 1.12 bits per heavy atom. The first kappa shape index (κ1) is 18.3. The SMILES string of the molecule is O=C(CCCC1CNNC1)N1CCCC(CCc2ccc(F)cc2)C1.